The number of carbonyl (C=O) groups is 1. The number of halogens is 1. The maximum atomic E-state index is 13.4. The van der Waals surface area contributed by atoms with Gasteiger partial charge in [0, 0.05) is 16.1 Å². The third-order valence-corrected chi connectivity index (χ3v) is 5.50. The number of ether oxygens (including phenoxy) is 1. The van der Waals surface area contributed by atoms with Crippen molar-refractivity contribution >= 4 is 23.3 Å². The molecule has 0 bridgehead atoms. The van der Waals surface area contributed by atoms with Crippen LogP contribution in [0.25, 0.3) is 16.8 Å². The number of benzene rings is 3. The Balaban J connectivity index is 1.98. The molecule has 0 fully saturated rings. The summed E-state index contributed by atoms with van der Waals surface area (Å²) in [5.74, 6) is 0.366. The maximum absolute atomic E-state index is 13.4. The average Bonchev–Trinajstić information content (AvgIpc) is 2.82. The minimum Gasteiger partial charge on any atom is -0.496 e. The van der Waals surface area contributed by atoms with Crippen LogP contribution in [0.2, 0.25) is 5.02 Å². The van der Waals surface area contributed by atoms with E-state index in [0.717, 1.165) is 5.56 Å². The second-order valence-corrected chi connectivity index (χ2v) is 7.98. The summed E-state index contributed by atoms with van der Waals surface area (Å²) in [6.07, 6.45) is 0. The number of nitrogens with zero attached hydrogens (tertiary/aromatic N) is 2. The lowest BCUT2D eigenvalue weighted by molar-refractivity contribution is 0.102. The molecule has 33 heavy (non-hydrogen) atoms. The molecule has 0 aliphatic heterocycles. The predicted molar refractivity (Wildman–Crippen MR) is 131 cm³/mol. The largest absolute Gasteiger partial charge is 0.496 e. The molecule has 1 N–H and O–H groups in total. The minimum absolute atomic E-state index is 0.249. The molecule has 0 atom stereocenters. The van der Waals surface area contributed by atoms with E-state index in [1.54, 1.807) is 48.0 Å². The number of para-hydroxylation sites is 1. The number of aryl methyl sites for hydroxylation is 2. The molecule has 6 nitrogen and oxygen atoms in total. The monoisotopic (exact) mass is 459 g/mol. The van der Waals surface area contributed by atoms with Gasteiger partial charge in [0.1, 0.15) is 17.3 Å². The Morgan fingerprint density at radius 2 is 1.64 bits per heavy atom. The first kappa shape index (κ1) is 22.3. The van der Waals surface area contributed by atoms with Gasteiger partial charge in [-0.05, 0) is 56.3 Å². The fourth-order valence-electron chi connectivity index (χ4n) is 3.51. The molecule has 1 heterocycles. The van der Waals surface area contributed by atoms with Crippen molar-refractivity contribution in [1.82, 2.24) is 9.78 Å². The Kier molecular flexibility index (Phi) is 6.29. The van der Waals surface area contributed by atoms with Gasteiger partial charge >= 0.3 is 0 Å². The molecule has 0 saturated carbocycles. The fraction of sp³-hybridized carbons (Fsp3) is 0.115. The Hall–Kier alpha value is -3.90. The summed E-state index contributed by atoms with van der Waals surface area (Å²) in [6.45, 7) is 3.63. The smallest absolute Gasteiger partial charge is 0.256 e. The van der Waals surface area contributed by atoms with Crippen molar-refractivity contribution in [2.24, 2.45) is 0 Å². The summed E-state index contributed by atoms with van der Waals surface area (Å²) in [5, 5.41) is 7.93. The van der Waals surface area contributed by atoms with Gasteiger partial charge in [-0.1, -0.05) is 47.5 Å². The summed E-state index contributed by atoms with van der Waals surface area (Å²) in [6, 6.07) is 21.4. The molecule has 0 spiro atoms. The number of nitrogens with one attached hydrogen (secondary N) is 1. The number of carbonyl (C=O) groups excluding carboxylic acids is 1. The van der Waals surface area contributed by atoms with E-state index in [0.29, 0.717) is 38.8 Å². The number of methoxy groups -OCH3 is 1. The Bertz CT molecular complexity index is 1380. The van der Waals surface area contributed by atoms with Gasteiger partial charge in [-0.2, -0.15) is 5.10 Å². The van der Waals surface area contributed by atoms with Crippen molar-refractivity contribution in [3.63, 3.8) is 0 Å². The van der Waals surface area contributed by atoms with Crippen LogP contribution in [0, 0.1) is 13.8 Å². The summed E-state index contributed by atoms with van der Waals surface area (Å²) in [5.41, 5.74) is 3.02. The van der Waals surface area contributed by atoms with Gasteiger partial charge in [0.25, 0.3) is 5.91 Å². The molecule has 3 aromatic carbocycles. The number of hydrogen-bond acceptors (Lipinski definition) is 4. The zero-order chi connectivity index (χ0) is 23.5. The number of anilines is 1. The molecule has 166 valence electrons. The zero-order valence-corrected chi connectivity index (χ0v) is 19.2. The third-order valence-electron chi connectivity index (χ3n) is 5.25. The van der Waals surface area contributed by atoms with Crippen LogP contribution in [0.5, 0.6) is 5.75 Å². The first-order chi connectivity index (χ1) is 15.9. The molecular weight excluding hydrogens is 438 g/mol. The molecule has 7 heteroatoms. The van der Waals surface area contributed by atoms with E-state index in [-0.39, 0.29) is 11.2 Å². The van der Waals surface area contributed by atoms with Gasteiger partial charge in [0.05, 0.1) is 18.4 Å². The Morgan fingerprint density at radius 3 is 2.30 bits per heavy atom. The van der Waals surface area contributed by atoms with Crippen molar-refractivity contribution in [2.45, 2.75) is 13.8 Å². The lowest BCUT2D eigenvalue weighted by atomic mass is 10.0. The van der Waals surface area contributed by atoms with E-state index in [2.05, 4.69) is 10.4 Å². The van der Waals surface area contributed by atoms with Crippen molar-refractivity contribution in [1.29, 1.82) is 0 Å². The molecule has 0 unspecified atom stereocenters. The standard InChI is InChI=1S/C26H22ClN3O3/c1-16-8-14-20(15-9-16)30-25(28-26(32)18-10-12-19(27)13-11-18)23(24(31)17(2)29-30)21-6-4-5-7-22(21)33-3/h4-15H,1-3H3,(H,28,32). The SMILES string of the molecule is COc1ccccc1-c1c(NC(=O)c2ccc(Cl)cc2)n(-c2ccc(C)cc2)nc(C)c1=O. The topological polar surface area (TPSA) is 73.2 Å². The quantitative estimate of drug-likeness (QED) is 0.432. The van der Waals surface area contributed by atoms with E-state index in [1.807, 2.05) is 43.3 Å². The van der Waals surface area contributed by atoms with E-state index in [1.165, 1.54) is 7.11 Å². The summed E-state index contributed by atoms with van der Waals surface area (Å²) in [4.78, 5) is 26.5. The van der Waals surface area contributed by atoms with Gasteiger partial charge in [0.2, 0.25) is 5.43 Å². The summed E-state index contributed by atoms with van der Waals surface area (Å²) >= 11 is 5.97. The summed E-state index contributed by atoms with van der Waals surface area (Å²) < 4.78 is 7.09. The highest BCUT2D eigenvalue weighted by atomic mass is 35.5. The van der Waals surface area contributed by atoms with Gasteiger partial charge in [-0.3, -0.25) is 9.59 Å². The van der Waals surface area contributed by atoms with E-state index in [4.69, 9.17) is 16.3 Å². The van der Waals surface area contributed by atoms with E-state index < -0.39 is 5.91 Å². The Labute approximate surface area is 196 Å². The average molecular weight is 460 g/mol. The van der Waals surface area contributed by atoms with Crippen molar-refractivity contribution in [3.05, 3.63) is 105 Å². The van der Waals surface area contributed by atoms with E-state index >= 15 is 0 Å². The fourth-order valence-corrected chi connectivity index (χ4v) is 3.64. The summed E-state index contributed by atoms with van der Waals surface area (Å²) in [7, 11) is 1.54. The molecule has 0 aliphatic carbocycles. The molecule has 0 aliphatic rings. The molecule has 4 rings (SSSR count). The first-order valence-corrected chi connectivity index (χ1v) is 10.7. The number of aromatic nitrogens is 2. The normalized spacial score (nSPS) is 10.7. The van der Waals surface area contributed by atoms with Gasteiger partial charge in [0.15, 0.2) is 0 Å². The van der Waals surface area contributed by atoms with Crippen LogP contribution in [0.3, 0.4) is 0 Å². The van der Waals surface area contributed by atoms with Crippen LogP contribution in [-0.4, -0.2) is 22.8 Å². The molecule has 0 saturated heterocycles. The minimum atomic E-state index is -0.395. The second kappa shape index (κ2) is 9.30. The van der Waals surface area contributed by atoms with Crippen molar-refractivity contribution in [3.8, 4) is 22.6 Å². The molecule has 4 aromatic rings. The first-order valence-electron chi connectivity index (χ1n) is 10.3. The van der Waals surface area contributed by atoms with Crippen LogP contribution in [-0.2, 0) is 0 Å². The van der Waals surface area contributed by atoms with Crippen LogP contribution < -0.4 is 15.5 Å². The van der Waals surface area contributed by atoms with Crippen molar-refractivity contribution < 1.29 is 9.53 Å². The molecular formula is C26H22ClN3O3. The maximum Gasteiger partial charge on any atom is 0.256 e. The van der Waals surface area contributed by atoms with Crippen molar-refractivity contribution in [2.75, 3.05) is 12.4 Å². The molecule has 1 amide bonds. The van der Waals surface area contributed by atoms with Gasteiger partial charge in [-0.15, -0.1) is 0 Å². The lowest BCUT2D eigenvalue weighted by Crippen LogP contribution is -2.25. The van der Waals surface area contributed by atoms with Gasteiger partial charge in [-0.25, -0.2) is 4.68 Å². The zero-order valence-electron chi connectivity index (χ0n) is 18.4. The van der Waals surface area contributed by atoms with E-state index in [9.17, 15) is 9.59 Å². The number of hydrogen-bond donors (Lipinski definition) is 1. The Morgan fingerprint density at radius 1 is 0.970 bits per heavy atom. The van der Waals surface area contributed by atoms with Crippen LogP contribution in [0.15, 0.2) is 77.6 Å². The molecule has 1 aromatic heterocycles. The predicted octanol–water partition coefficient (Wildman–Crippen LogP) is 5.43. The van der Waals surface area contributed by atoms with Crippen LogP contribution in [0.1, 0.15) is 21.6 Å². The van der Waals surface area contributed by atoms with Crippen LogP contribution >= 0.6 is 11.6 Å². The second-order valence-electron chi connectivity index (χ2n) is 7.55. The lowest BCUT2D eigenvalue weighted by Gasteiger charge is -2.19. The third kappa shape index (κ3) is 4.52. The highest BCUT2D eigenvalue weighted by molar-refractivity contribution is 6.30. The highest BCUT2D eigenvalue weighted by Crippen LogP contribution is 2.34. The number of amides is 1. The van der Waals surface area contributed by atoms with Gasteiger partial charge < -0.3 is 10.1 Å². The molecule has 0 radical (unpaired) electrons. The highest BCUT2D eigenvalue weighted by Gasteiger charge is 2.23. The number of rotatable bonds is 5. The van der Waals surface area contributed by atoms with Crippen LogP contribution in [0.4, 0.5) is 5.82 Å².